The molecule has 1 aromatic carbocycles. The molecule has 24 heavy (non-hydrogen) atoms. The van der Waals surface area contributed by atoms with Gasteiger partial charge < -0.3 is 0 Å². The molecule has 0 N–H and O–H groups in total. The van der Waals surface area contributed by atoms with Gasteiger partial charge in [-0.1, -0.05) is 23.4 Å². The highest BCUT2D eigenvalue weighted by atomic mass is 35.5. The summed E-state index contributed by atoms with van der Waals surface area (Å²) in [6.07, 6.45) is 1.49. The van der Waals surface area contributed by atoms with E-state index in [1.54, 1.807) is 28.9 Å². The Hall–Kier alpha value is -2.18. The van der Waals surface area contributed by atoms with Crippen LogP contribution in [0.5, 0.6) is 0 Å². The fourth-order valence-corrected chi connectivity index (χ4v) is 3.13. The SMILES string of the molecule is Cc1cc(C)n(-c2cc(SCC(=O)c3ccc(Cl)cc3)ncn2)n1. The molecule has 0 fully saturated rings. The minimum Gasteiger partial charge on any atom is -0.293 e. The van der Waals surface area contributed by atoms with Crippen molar-refractivity contribution in [1.82, 2.24) is 19.7 Å². The Bertz CT molecular complexity index is 877. The van der Waals surface area contributed by atoms with Crippen LogP contribution < -0.4 is 0 Å². The quantitative estimate of drug-likeness (QED) is 0.393. The lowest BCUT2D eigenvalue weighted by Crippen LogP contribution is -2.04. The largest absolute Gasteiger partial charge is 0.293 e. The summed E-state index contributed by atoms with van der Waals surface area (Å²) in [6.45, 7) is 3.91. The van der Waals surface area contributed by atoms with Crippen LogP contribution in [0.2, 0.25) is 5.02 Å². The van der Waals surface area contributed by atoms with E-state index in [0.29, 0.717) is 22.2 Å². The minimum atomic E-state index is 0.0305. The third kappa shape index (κ3) is 3.83. The molecule has 0 unspecified atom stereocenters. The van der Waals surface area contributed by atoms with Gasteiger partial charge in [-0.3, -0.25) is 4.79 Å². The Morgan fingerprint density at radius 3 is 2.58 bits per heavy atom. The summed E-state index contributed by atoms with van der Waals surface area (Å²) in [5.41, 5.74) is 2.57. The monoisotopic (exact) mass is 358 g/mol. The normalized spacial score (nSPS) is 10.8. The van der Waals surface area contributed by atoms with Gasteiger partial charge >= 0.3 is 0 Å². The molecular formula is C17H15ClN4OS. The van der Waals surface area contributed by atoms with Crippen LogP contribution in [-0.2, 0) is 0 Å². The number of carbonyl (C=O) groups excluding carboxylic acids is 1. The van der Waals surface area contributed by atoms with Gasteiger partial charge in [0.15, 0.2) is 11.6 Å². The van der Waals surface area contributed by atoms with Crippen molar-refractivity contribution >= 4 is 29.1 Å². The zero-order valence-electron chi connectivity index (χ0n) is 13.2. The summed E-state index contributed by atoms with van der Waals surface area (Å²) < 4.78 is 1.77. The van der Waals surface area contributed by atoms with Gasteiger partial charge in [-0.15, -0.1) is 0 Å². The second kappa shape index (κ2) is 7.15. The molecule has 0 spiro atoms. The molecule has 5 nitrogen and oxygen atoms in total. The van der Waals surface area contributed by atoms with E-state index in [4.69, 9.17) is 11.6 Å². The average molecular weight is 359 g/mol. The van der Waals surface area contributed by atoms with Crippen molar-refractivity contribution in [3.05, 3.63) is 64.7 Å². The summed E-state index contributed by atoms with van der Waals surface area (Å²) in [5, 5.41) is 5.76. The van der Waals surface area contributed by atoms with E-state index < -0.39 is 0 Å². The minimum absolute atomic E-state index is 0.0305. The van der Waals surface area contributed by atoms with Crippen LogP contribution in [-0.4, -0.2) is 31.3 Å². The number of Topliss-reactive ketones (excluding diaryl/α,β-unsaturated/α-hetero) is 1. The fourth-order valence-electron chi connectivity index (χ4n) is 2.24. The first kappa shape index (κ1) is 16.7. The third-order valence-corrected chi connectivity index (χ3v) is 4.55. The lowest BCUT2D eigenvalue weighted by Gasteiger charge is -2.05. The average Bonchev–Trinajstić information content (AvgIpc) is 2.92. The summed E-state index contributed by atoms with van der Waals surface area (Å²) >= 11 is 7.21. The van der Waals surface area contributed by atoms with Crippen molar-refractivity contribution in [2.24, 2.45) is 0 Å². The van der Waals surface area contributed by atoms with Gasteiger partial charge in [-0.05, 0) is 44.2 Å². The molecular weight excluding hydrogens is 344 g/mol. The zero-order valence-corrected chi connectivity index (χ0v) is 14.8. The number of nitrogens with zero attached hydrogens (tertiary/aromatic N) is 4. The van der Waals surface area contributed by atoms with Gasteiger partial charge in [0.2, 0.25) is 0 Å². The molecule has 0 saturated carbocycles. The maximum atomic E-state index is 12.2. The van der Waals surface area contributed by atoms with Crippen LogP contribution in [0.15, 0.2) is 47.8 Å². The molecule has 0 atom stereocenters. The van der Waals surface area contributed by atoms with Gasteiger partial charge in [-0.25, -0.2) is 14.6 Å². The number of ketones is 1. The number of thioether (sulfide) groups is 1. The van der Waals surface area contributed by atoms with Crippen molar-refractivity contribution in [3.8, 4) is 5.82 Å². The van der Waals surface area contributed by atoms with E-state index in [1.807, 2.05) is 26.0 Å². The number of rotatable bonds is 5. The van der Waals surface area contributed by atoms with Crippen LogP contribution in [0.4, 0.5) is 0 Å². The lowest BCUT2D eigenvalue weighted by molar-refractivity contribution is 0.102. The molecule has 0 saturated heterocycles. The molecule has 2 heterocycles. The van der Waals surface area contributed by atoms with Crippen LogP contribution in [0.3, 0.4) is 0 Å². The molecule has 0 aliphatic carbocycles. The van der Waals surface area contributed by atoms with E-state index in [9.17, 15) is 4.79 Å². The zero-order chi connectivity index (χ0) is 17.1. The van der Waals surface area contributed by atoms with Crippen LogP contribution in [0, 0.1) is 13.8 Å². The second-order valence-electron chi connectivity index (χ2n) is 5.27. The van der Waals surface area contributed by atoms with Crippen molar-refractivity contribution in [1.29, 1.82) is 0 Å². The highest BCUT2D eigenvalue weighted by Gasteiger charge is 2.10. The van der Waals surface area contributed by atoms with Gasteiger partial charge in [0, 0.05) is 22.3 Å². The molecule has 0 radical (unpaired) electrons. The number of aryl methyl sites for hydroxylation is 2. The topological polar surface area (TPSA) is 60.7 Å². The predicted octanol–water partition coefficient (Wildman–Crippen LogP) is 3.91. The van der Waals surface area contributed by atoms with Gasteiger partial charge in [-0.2, -0.15) is 5.10 Å². The Kier molecular flexibility index (Phi) is 4.97. The lowest BCUT2D eigenvalue weighted by atomic mass is 10.1. The van der Waals surface area contributed by atoms with Crippen molar-refractivity contribution < 1.29 is 4.79 Å². The number of aromatic nitrogens is 4. The molecule has 3 rings (SSSR count). The third-order valence-electron chi connectivity index (χ3n) is 3.37. The van der Waals surface area contributed by atoms with E-state index in [2.05, 4.69) is 15.1 Å². The Morgan fingerprint density at radius 2 is 1.92 bits per heavy atom. The fraction of sp³-hybridized carbons (Fsp3) is 0.176. The summed E-state index contributed by atoms with van der Waals surface area (Å²) in [5.74, 6) is 1.02. The number of benzene rings is 1. The predicted molar refractivity (Wildman–Crippen MR) is 95.1 cm³/mol. The molecule has 0 aliphatic rings. The molecule has 3 aromatic rings. The van der Waals surface area contributed by atoms with E-state index in [-0.39, 0.29) is 5.78 Å². The Labute approximate surface area is 149 Å². The summed E-state index contributed by atoms with van der Waals surface area (Å²) in [4.78, 5) is 20.7. The first-order valence-corrected chi connectivity index (χ1v) is 8.66. The summed E-state index contributed by atoms with van der Waals surface area (Å²) in [7, 11) is 0. The van der Waals surface area contributed by atoms with E-state index in [0.717, 1.165) is 16.4 Å². The van der Waals surface area contributed by atoms with Crippen molar-refractivity contribution in [3.63, 3.8) is 0 Å². The number of hydrogen-bond donors (Lipinski definition) is 0. The number of halogens is 1. The molecule has 0 amide bonds. The van der Waals surface area contributed by atoms with E-state index in [1.165, 1.54) is 18.1 Å². The van der Waals surface area contributed by atoms with Crippen LogP contribution >= 0.6 is 23.4 Å². The van der Waals surface area contributed by atoms with Gasteiger partial charge in [0.25, 0.3) is 0 Å². The van der Waals surface area contributed by atoms with Crippen molar-refractivity contribution in [2.75, 3.05) is 5.75 Å². The van der Waals surface area contributed by atoms with Crippen LogP contribution in [0.25, 0.3) is 5.82 Å². The maximum absolute atomic E-state index is 12.2. The standard InChI is InChI=1S/C17H15ClN4OS/c1-11-7-12(2)22(21-11)16-8-17(20-10-19-16)24-9-15(23)13-3-5-14(18)6-4-13/h3-8,10H,9H2,1-2H3. The number of hydrogen-bond acceptors (Lipinski definition) is 5. The van der Waals surface area contributed by atoms with Crippen LogP contribution in [0.1, 0.15) is 21.7 Å². The Balaban J connectivity index is 1.72. The molecule has 7 heteroatoms. The second-order valence-corrected chi connectivity index (χ2v) is 6.70. The number of carbonyl (C=O) groups is 1. The summed E-state index contributed by atoms with van der Waals surface area (Å²) in [6, 6.07) is 10.7. The highest BCUT2D eigenvalue weighted by molar-refractivity contribution is 7.99. The van der Waals surface area contributed by atoms with E-state index >= 15 is 0 Å². The molecule has 2 aromatic heterocycles. The van der Waals surface area contributed by atoms with Crippen molar-refractivity contribution in [2.45, 2.75) is 18.9 Å². The van der Waals surface area contributed by atoms with Gasteiger partial charge in [0.05, 0.1) is 11.4 Å². The smallest absolute Gasteiger partial charge is 0.173 e. The highest BCUT2D eigenvalue weighted by Crippen LogP contribution is 2.20. The molecule has 0 aliphatic heterocycles. The molecule has 0 bridgehead atoms. The van der Waals surface area contributed by atoms with Gasteiger partial charge in [0.1, 0.15) is 11.4 Å². The maximum Gasteiger partial charge on any atom is 0.173 e. The first-order chi connectivity index (χ1) is 11.5. The molecule has 122 valence electrons. The Morgan fingerprint density at radius 1 is 1.17 bits per heavy atom. The first-order valence-electron chi connectivity index (χ1n) is 7.30.